The number of nitrogens with zero attached hydrogens (tertiary/aromatic N) is 2. The van der Waals surface area contributed by atoms with Crippen LogP contribution in [0.15, 0.2) is 6.07 Å². The fourth-order valence-electron chi connectivity index (χ4n) is 1.29. The standard InChI is InChI=1S/C10H9ClF2N2O/c1-16-10-7(5-11)6(2-3-14)4-8(15-10)9(12)13/h4,9H,2,5H2,1H3. The molecule has 1 rings (SSSR count). The highest BCUT2D eigenvalue weighted by atomic mass is 35.5. The lowest BCUT2D eigenvalue weighted by Crippen LogP contribution is -2.03. The lowest BCUT2D eigenvalue weighted by Gasteiger charge is -2.11. The van der Waals surface area contributed by atoms with Crippen molar-refractivity contribution in [1.29, 1.82) is 5.26 Å². The van der Waals surface area contributed by atoms with Crippen LogP contribution in [-0.2, 0) is 12.3 Å². The number of alkyl halides is 3. The highest BCUT2D eigenvalue weighted by Gasteiger charge is 2.17. The molecule has 0 saturated heterocycles. The van der Waals surface area contributed by atoms with Gasteiger partial charge in [0.05, 0.1) is 25.5 Å². The molecule has 0 radical (unpaired) electrons. The molecule has 0 aliphatic heterocycles. The van der Waals surface area contributed by atoms with Crippen LogP contribution in [-0.4, -0.2) is 12.1 Å². The Morgan fingerprint density at radius 2 is 2.31 bits per heavy atom. The smallest absolute Gasteiger partial charge is 0.280 e. The van der Waals surface area contributed by atoms with Crippen LogP contribution in [0.4, 0.5) is 8.78 Å². The van der Waals surface area contributed by atoms with Gasteiger partial charge >= 0.3 is 0 Å². The van der Waals surface area contributed by atoms with E-state index in [4.69, 9.17) is 21.6 Å². The highest BCUT2D eigenvalue weighted by Crippen LogP contribution is 2.27. The third-order valence-electron chi connectivity index (χ3n) is 2.02. The van der Waals surface area contributed by atoms with E-state index in [-0.39, 0.29) is 18.2 Å². The first-order chi connectivity index (χ1) is 7.63. The van der Waals surface area contributed by atoms with Crippen molar-refractivity contribution in [2.24, 2.45) is 0 Å². The van der Waals surface area contributed by atoms with Gasteiger partial charge in [-0.05, 0) is 11.6 Å². The molecular formula is C10H9ClF2N2O. The van der Waals surface area contributed by atoms with E-state index >= 15 is 0 Å². The van der Waals surface area contributed by atoms with E-state index in [0.717, 1.165) is 0 Å². The van der Waals surface area contributed by atoms with Crippen LogP contribution in [0.25, 0.3) is 0 Å². The summed E-state index contributed by atoms with van der Waals surface area (Å²) in [5, 5.41) is 8.59. The summed E-state index contributed by atoms with van der Waals surface area (Å²) in [6.45, 7) is 0. The molecule has 0 spiro atoms. The van der Waals surface area contributed by atoms with Crippen molar-refractivity contribution in [1.82, 2.24) is 4.98 Å². The molecule has 0 unspecified atom stereocenters. The van der Waals surface area contributed by atoms with Crippen LogP contribution in [0.3, 0.4) is 0 Å². The van der Waals surface area contributed by atoms with E-state index in [0.29, 0.717) is 11.1 Å². The number of hydrogen-bond acceptors (Lipinski definition) is 3. The molecule has 1 aromatic rings. The molecule has 0 aromatic carbocycles. The Bertz CT molecular complexity index is 418. The predicted octanol–water partition coefficient (Wildman–Crippen LogP) is 2.83. The molecule has 0 fully saturated rings. The van der Waals surface area contributed by atoms with Gasteiger partial charge in [-0.3, -0.25) is 0 Å². The van der Waals surface area contributed by atoms with Crippen LogP contribution in [0.1, 0.15) is 23.2 Å². The third-order valence-corrected chi connectivity index (χ3v) is 2.29. The summed E-state index contributed by atoms with van der Waals surface area (Å²) >= 11 is 5.67. The summed E-state index contributed by atoms with van der Waals surface area (Å²) in [6, 6.07) is 3.08. The highest BCUT2D eigenvalue weighted by molar-refractivity contribution is 6.17. The fraction of sp³-hybridized carbons (Fsp3) is 0.400. The van der Waals surface area contributed by atoms with Crippen molar-refractivity contribution in [3.63, 3.8) is 0 Å². The molecule has 0 N–H and O–H groups in total. The second-order valence-corrected chi connectivity index (χ2v) is 3.23. The Labute approximate surface area is 96.6 Å². The van der Waals surface area contributed by atoms with Crippen molar-refractivity contribution >= 4 is 11.6 Å². The van der Waals surface area contributed by atoms with Crippen molar-refractivity contribution in [3.8, 4) is 11.9 Å². The number of rotatable bonds is 4. The molecular weight excluding hydrogens is 238 g/mol. The summed E-state index contributed by atoms with van der Waals surface area (Å²) in [5.41, 5.74) is 0.505. The number of methoxy groups -OCH3 is 1. The average Bonchev–Trinajstić information content (AvgIpc) is 2.28. The molecule has 0 bridgehead atoms. The van der Waals surface area contributed by atoms with Crippen molar-refractivity contribution < 1.29 is 13.5 Å². The Balaban J connectivity index is 3.32. The Morgan fingerprint density at radius 3 is 2.75 bits per heavy atom. The normalized spacial score (nSPS) is 10.2. The number of aromatic nitrogens is 1. The van der Waals surface area contributed by atoms with Crippen LogP contribution >= 0.6 is 11.6 Å². The minimum absolute atomic E-state index is 0.000648. The molecule has 6 heteroatoms. The minimum Gasteiger partial charge on any atom is -0.481 e. The summed E-state index contributed by atoms with van der Waals surface area (Å²) in [5.74, 6) is 0.120. The predicted molar refractivity (Wildman–Crippen MR) is 54.6 cm³/mol. The van der Waals surface area contributed by atoms with Gasteiger partial charge in [-0.2, -0.15) is 5.26 Å². The van der Waals surface area contributed by atoms with E-state index in [1.165, 1.54) is 13.2 Å². The van der Waals surface area contributed by atoms with Crippen LogP contribution in [0.2, 0.25) is 0 Å². The SMILES string of the molecule is COc1nc(C(F)F)cc(CC#N)c1CCl. The molecule has 0 saturated carbocycles. The van der Waals surface area contributed by atoms with Crippen LogP contribution in [0.5, 0.6) is 5.88 Å². The maximum atomic E-state index is 12.5. The van der Waals surface area contributed by atoms with E-state index in [9.17, 15) is 8.78 Å². The molecule has 0 aliphatic carbocycles. The van der Waals surface area contributed by atoms with Gasteiger partial charge in [0.25, 0.3) is 6.43 Å². The van der Waals surface area contributed by atoms with Crippen molar-refractivity contribution in [2.45, 2.75) is 18.7 Å². The maximum Gasteiger partial charge on any atom is 0.280 e. The van der Waals surface area contributed by atoms with E-state index in [1.54, 1.807) is 0 Å². The molecule has 0 amide bonds. The van der Waals surface area contributed by atoms with Gasteiger partial charge in [0.15, 0.2) is 0 Å². The zero-order valence-electron chi connectivity index (χ0n) is 8.51. The van der Waals surface area contributed by atoms with Crippen molar-refractivity contribution in [2.75, 3.05) is 7.11 Å². The number of nitriles is 1. The van der Waals surface area contributed by atoms with Gasteiger partial charge in [-0.25, -0.2) is 13.8 Å². The van der Waals surface area contributed by atoms with Gasteiger partial charge < -0.3 is 4.74 Å². The monoisotopic (exact) mass is 246 g/mol. The second kappa shape index (κ2) is 5.61. The second-order valence-electron chi connectivity index (χ2n) is 2.96. The van der Waals surface area contributed by atoms with Crippen LogP contribution in [0, 0.1) is 11.3 Å². The quantitative estimate of drug-likeness (QED) is 0.768. The van der Waals surface area contributed by atoms with E-state index in [1.807, 2.05) is 6.07 Å². The Hall–Kier alpha value is -1.41. The van der Waals surface area contributed by atoms with E-state index < -0.39 is 12.1 Å². The zero-order valence-corrected chi connectivity index (χ0v) is 9.26. The molecule has 1 aromatic heterocycles. The van der Waals surface area contributed by atoms with Gasteiger partial charge in [-0.1, -0.05) is 0 Å². The van der Waals surface area contributed by atoms with Gasteiger partial charge in [0.2, 0.25) is 5.88 Å². The number of halogens is 3. The number of pyridine rings is 1. The molecule has 16 heavy (non-hydrogen) atoms. The number of hydrogen-bond donors (Lipinski definition) is 0. The summed E-state index contributed by atoms with van der Waals surface area (Å²) in [6.07, 6.45) is -2.70. The van der Waals surface area contributed by atoms with Gasteiger partial charge in [-0.15, -0.1) is 11.6 Å². The molecule has 0 aliphatic rings. The number of ether oxygens (including phenoxy) is 1. The summed E-state index contributed by atoms with van der Waals surface area (Å²) in [4.78, 5) is 3.64. The third kappa shape index (κ3) is 2.58. The zero-order chi connectivity index (χ0) is 12.1. The molecule has 3 nitrogen and oxygen atoms in total. The first kappa shape index (κ1) is 12.7. The van der Waals surface area contributed by atoms with E-state index in [2.05, 4.69) is 4.98 Å². The summed E-state index contributed by atoms with van der Waals surface area (Å²) in [7, 11) is 1.32. The lowest BCUT2D eigenvalue weighted by molar-refractivity contribution is 0.145. The Morgan fingerprint density at radius 1 is 1.62 bits per heavy atom. The molecule has 86 valence electrons. The largest absolute Gasteiger partial charge is 0.481 e. The Kier molecular flexibility index (Phi) is 4.44. The van der Waals surface area contributed by atoms with Gasteiger partial charge in [0.1, 0.15) is 5.69 Å². The molecule has 1 heterocycles. The average molecular weight is 247 g/mol. The lowest BCUT2D eigenvalue weighted by atomic mass is 10.1. The molecule has 0 atom stereocenters. The van der Waals surface area contributed by atoms with Crippen LogP contribution < -0.4 is 4.74 Å². The first-order valence-electron chi connectivity index (χ1n) is 4.41. The van der Waals surface area contributed by atoms with Gasteiger partial charge in [0, 0.05) is 5.56 Å². The minimum atomic E-state index is -2.70. The maximum absolute atomic E-state index is 12.5. The summed E-state index contributed by atoms with van der Waals surface area (Å²) < 4.78 is 29.9. The first-order valence-corrected chi connectivity index (χ1v) is 4.95. The fourth-order valence-corrected chi connectivity index (χ4v) is 1.57. The van der Waals surface area contributed by atoms with Crippen molar-refractivity contribution in [3.05, 3.63) is 22.9 Å². The topological polar surface area (TPSA) is 45.9 Å².